The summed E-state index contributed by atoms with van der Waals surface area (Å²) >= 11 is 0. The SMILES string of the molecule is COc1ccccc1NC(=O)Nc1cc(NC(=O)C(=O)NCCN2CCNCC2c2nccn2C)ccc1OC. The van der Waals surface area contributed by atoms with Gasteiger partial charge in [-0.15, -0.1) is 0 Å². The van der Waals surface area contributed by atoms with Gasteiger partial charge in [-0.1, -0.05) is 12.1 Å². The number of urea groups is 1. The molecule has 0 radical (unpaired) electrons. The Bertz CT molecular complexity index is 1340. The van der Waals surface area contributed by atoms with Gasteiger partial charge in [0.25, 0.3) is 0 Å². The predicted molar refractivity (Wildman–Crippen MR) is 151 cm³/mol. The van der Waals surface area contributed by atoms with E-state index in [2.05, 4.69) is 36.5 Å². The summed E-state index contributed by atoms with van der Waals surface area (Å²) in [5, 5.41) is 14.0. The van der Waals surface area contributed by atoms with Crippen LogP contribution in [0.2, 0.25) is 0 Å². The van der Waals surface area contributed by atoms with E-state index in [9.17, 15) is 14.4 Å². The lowest BCUT2D eigenvalue weighted by Gasteiger charge is -2.35. The number of anilines is 3. The predicted octanol–water partition coefficient (Wildman–Crippen LogP) is 1.78. The number of methoxy groups -OCH3 is 2. The number of carbonyl (C=O) groups excluding carboxylic acids is 3. The standard InChI is InChI=1S/C27H34N8O5/c1-34-13-11-29-24(34)21-17-28-10-14-35(21)15-12-30-25(36)26(37)31-18-8-9-23(40-3)20(16-18)33-27(38)32-19-6-4-5-7-22(19)39-2/h4-9,11,13,16,21,28H,10,12,14-15,17H2,1-3H3,(H,30,36)(H,31,37)(H2,32,33,38). The third kappa shape index (κ3) is 7.07. The first kappa shape index (κ1) is 28.4. The number of rotatable bonds is 9. The molecule has 1 saturated heterocycles. The summed E-state index contributed by atoms with van der Waals surface area (Å²) in [6.07, 6.45) is 3.67. The van der Waals surface area contributed by atoms with Gasteiger partial charge < -0.3 is 40.6 Å². The number of carbonyl (C=O) groups is 3. The number of nitrogens with one attached hydrogen (secondary N) is 5. The Labute approximate surface area is 232 Å². The summed E-state index contributed by atoms with van der Waals surface area (Å²) in [5.41, 5.74) is 1.09. The second kappa shape index (κ2) is 13.4. The molecule has 2 aromatic carbocycles. The smallest absolute Gasteiger partial charge is 0.323 e. The minimum atomic E-state index is -0.824. The van der Waals surface area contributed by atoms with Crippen LogP contribution in [0.4, 0.5) is 21.9 Å². The Morgan fingerprint density at radius 2 is 1.75 bits per heavy atom. The molecule has 4 rings (SSSR count). The topological polar surface area (TPSA) is 151 Å². The van der Waals surface area contributed by atoms with Crippen LogP contribution in [0, 0.1) is 0 Å². The number of aryl methyl sites for hydroxylation is 1. The summed E-state index contributed by atoms with van der Waals surface area (Å²) in [6, 6.07) is 11.2. The van der Waals surface area contributed by atoms with Crippen molar-refractivity contribution in [3.8, 4) is 11.5 Å². The Morgan fingerprint density at radius 1 is 1.00 bits per heavy atom. The molecule has 13 heteroatoms. The number of benzene rings is 2. The molecule has 4 amide bonds. The summed E-state index contributed by atoms with van der Waals surface area (Å²) in [7, 11) is 4.92. The molecule has 13 nitrogen and oxygen atoms in total. The van der Waals surface area contributed by atoms with Crippen LogP contribution in [-0.2, 0) is 16.6 Å². The monoisotopic (exact) mass is 550 g/mol. The summed E-state index contributed by atoms with van der Waals surface area (Å²) in [5.74, 6) is 0.229. The molecule has 2 heterocycles. The molecule has 1 fully saturated rings. The molecule has 5 N–H and O–H groups in total. The first-order valence-corrected chi connectivity index (χ1v) is 12.8. The zero-order valence-corrected chi connectivity index (χ0v) is 22.7. The molecule has 0 aliphatic carbocycles. The van der Waals surface area contributed by atoms with E-state index in [1.165, 1.54) is 20.3 Å². The lowest BCUT2D eigenvalue weighted by Crippen LogP contribution is -2.49. The molecule has 0 spiro atoms. The number of ether oxygens (including phenoxy) is 2. The normalized spacial score (nSPS) is 15.1. The van der Waals surface area contributed by atoms with E-state index in [-0.39, 0.29) is 6.04 Å². The van der Waals surface area contributed by atoms with Crippen molar-refractivity contribution in [1.82, 2.24) is 25.1 Å². The highest BCUT2D eigenvalue weighted by Gasteiger charge is 2.26. The van der Waals surface area contributed by atoms with Gasteiger partial charge >= 0.3 is 17.8 Å². The van der Waals surface area contributed by atoms with E-state index in [4.69, 9.17) is 9.47 Å². The van der Waals surface area contributed by atoms with Crippen molar-refractivity contribution in [3.63, 3.8) is 0 Å². The molecule has 1 aliphatic heterocycles. The molecule has 1 atom stereocenters. The number of nitrogens with zero attached hydrogens (tertiary/aromatic N) is 3. The number of piperazine rings is 1. The van der Waals surface area contributed by atoms with E-state index in [0.717, 1.165) is 25.5 Å². The van der Waals surface area contributed by atoms with Crippen molar-refractivity contribution in [3.05, 3.63) is 60.7 Å². The van der Waals surface area contributed by atoms with Crippen molar-refractivity contribution in [2.45, 2.75) is 6.04 Å². The number of hydrogen-bond donors (Lipinski definition) is 5. The van der Waals surface area contributed by atoms with Gasteiger partial charge in [-0.25, -0.2) is 9.78 Å². The second-order valence-corrected chi connectivity index (χ2v) is 9.06. The fraction of sp³-hybridized carbons (Fsp3) is 0.333. The minimum absolute atomic E-state index is 0.0740. The third-order valence-corrected chi connectivity index (χ3v) is 6.46. The zero-order valence-electron chi connectivity index (χ0n) is 22.7. The van der Waals surface area contributed by atoms with Crippen molar-refractivity contribution in [2.24, 2.45) is 7.05 Å². The maximum atomic E-state index is 12.6. The molecule has 0 saturated carbocycles. The Morgan fingerprint density at radius 3 is 2.50 bits per heavy atom. The highest BCUT2D eigenvalue weighted by atomic mass is 16.5. The van der Waals surface area contributed by atoms with Crippen LogP contribution in [0.25, 0.3) is 0 Å². The average Bonchev–Trinajstić information content (AvgIpc) is 3.39. The van der Waals surface area contributed by atoms with Gasteiger partial charge in [0.15, 0.2) is 0 Å². The van der Waals surface area contributed by atoms with E-state index >= 15 is 0 Å². The van der Waals surface area contributed by atoms with Gasteiger partial charge in [-0.3, -0.25) is 14.5 Å². The van der Waals surface area contributed by atoms with Gasteiger partial charge in [0, 0.05) is 57.9 Å². The van der Waals surface area contributed by atoms with Crippen LogP contribution in [0.5, 0.6) is 11.5 Å². The lowest BCUT2D eigenvalue weighted by molar-refractivity contribution is -0.136. The summed E-state index contributed by atoms with van der Waals surface area (Å²) in [6.45, 7) is 3.25. The fourth-order valence-electron chi connectivity index (χ4n) is 4.46. The molecule has 3 aromatic rings. The molecule has 1 unspecified atom stereocenters. The fourth-order valence-corrected chi connectivity index (χ4v) is 4.46. The van der Waals surface area contributed by atoms with Crippen LogP contribution < -0.4 is 36.1 Å². The zero-order chi connectivity index (χ0) is 28.5. The maximum Gasteiger partial charge on any atom is 0.323 e. The molecular weight excluding hydrogens is 516 g/mol. The average molecular weight is 551 g/mol. The highest BCUT2D eigenvalue weighted by molar-refractivity contribution is 6.39. The van der Waals surface area contributed by atoms with Gasteiger partial charge in [0.05, 0.1) is 31.6 Å². The molecule has 0 bridgehead atoms. The van der Waals surface area contributed by atoms with E-state index in [0.29, 0.717) is 41.7 Å². The van der Waals surface area contributed by atoms with Gasteiger partial charge in [0.2, 0.25) is 0 Å². The largest absolute Gasteiger partial charge is 0.495 e. The van der Waals surface area contributed by atoms with Crippen molar-refractivity contribution < 1.29 is 23.9 Å². The third-order valence-electron chi connectivity index (χ3n) is 6.46. The van der Waals surface area contributed by atoms with Gasteiger partial charge in [-0.2, -0.15) is 0 Å². The molecule has 212 valence electrons. The minimum Gasteiger partial charge on any atom is -0.495 e. The Kier molecular flexibility index (Phi) is 9.54. The lowest BCUT2D eigenvalue weighted by atomic mass is 10.1. The number of aromatic nitrogens is 2. The second-order valence-electron chi connectivity index (χ2n) is 9.06. The van der Waals surface area contributed by atoms with Crippen LogP contribution in [-0.4, -0.2) is 79.2 Å². The van der Waals surface area contributed by atoms with Crippen LogP contribution >= 0.6 is 0 Å². The first-order valence-electron chi connectivity index (χ1n) is 12.8. The summed E-state index contributed by atoms with van der Waals surface area (Å²) in [4.78, 5) is 44.4. The summed E-state index contributed by atoms with van der Waals surface area (Å²) < 4.78 is 12.6. The highest BCUT2D eigenvalue weighted by Crippen LogP contribution is 2.29. The van der Waals surface area contributed by atoms with Crippen LogP contribution in [0.1, 0.15) is 11.9 Å². The quantitative estimate of drug-likeness (QED) is 0.253. The van der Waals surface area contributed by atoms with Crippen LogP contribution in [0.15, 0.2) is 54.9 Å². The number of amides is 4. The Balaban J connectivity index is 1.31. The first-order chi connectivity index (χ1) is 19.4. The van der Waals surface area contributed by atoms with Crippen molar-refractivity contribution in [2.75, 3.05) is 62.9 Å². The van der Waals surface area contributed by atoms with Gasteiger partial charge in [0.1, 0.15) is 17.3 Å². The van der Waals surface area contributed by atoms with E-state index in [1.54, 1.807) is 42.6 Å². The van der Waals surface area contributed by atoms with E-state index in [1.807, 2.05) is 17.8 Å². The number of imidazole rings is 1. The molecule has 1 aromatic heterocycles. The molecule has 1 aliphatic rings. The Hall–Kier alpha value is -4.62. The van der Waals surface area contributed by atoms with Gasteiger partial charge in [-0.05, 0) is 30.3 Å². The van der Waals surface area contributed by atoms with Crippen molar-refractivity contribution >= 4 is 34.9 Å². The molecule has 40 heavy (non-hydrogen) atoms. The number of para-hydroxylation sites is 2. The van der Waals surface area contributed by atoms with E-state index < -0.39 is 17.8 Å². The van der Waals surface area contributed by atoms with Crippen LogP contribution in [0.3, 0.4) is 0 Å². The maximum absolute atomic E-state index is 12.6. The molecular formula is C27H34N8O5. The number of hydrogen-bond acceptors (Lipinski definition) is 8. The van der Waals surface area contributed by atoms with Crippen molar-refractivity contribution in [1.29, 1.82) is 0 Å².